The van der Waals surface area contributed by atoms with Crippen molar-refractivity contribution in [2.75, 3.05) is 0 Å². The zero-order chi connectivity index (χ0) is 46.3. The van der Waals surface area contributed by atoms with Crippen LogP contribution in [0.4, 0.5) is 0 Å². The Bertz CT molecular complexity index is 4060. The van der Waals surface area contributed by atoms with Gasteiger partial charge >= 0.3 is 198 Å². The molecule has 0 unspecified atom stereocenters. The quantitative estimate of drug-likeness (QED) is 0.172. The van der Waals surface area contributed by atoms with E-state index in [9.17, 15) is 0 Å². The Morgan fingerprint density at radius 1 is 0.574 bits per heavy atom. The Balaban J connectivity index is 1.07. The van der Waals surface area contributed by atoms with Gasteiger partial charge in [0.15, 0.2) is 0 Å². The Kier molecular flexibility index (Phi) is 6.52. The van der Waals surface area contributed by atoms with Crippen LogP contribution in [0.25, 0.3) is 93.6 Å². The Hall–Kier alpha value is -6.75. The normalized spacial score (nSPS) is 14.3. The van der Waals surface area contributed by atoms with Gasteiger partial charge in [0.25, 0.3) is 0 Å². The van der Waals surface area contributed by atoms with Crippen LogP contribution in [0.1, 0.15) is 40.1 Å². The smallest absolute Gasteiger partial charge is 0.0579 e. The molecule has 0 fully saturated rings. The predicted molar refractivity (Wildman–Crippen MR) is 248 cm³/mol. The molecule has 0 saturated heterocycles. The monoisotopic (exact) mass is 976 g/mol. The van der Waals surface area contributed by atoms with Crippen LogP contribution in [0.3, 0.4) is 0 Å². The van der Waals surface area contributed by atoms with Crippen LogP contribution in [0.2, 0.25) is 0 Å². The first-order chi connectivity index (χ1) is 32.0. The minimum atomic E-state index is -2.45. The molecule has 0 saturated carbocycles. The molecule has 0 atom stereocenters. The minimum Gasteiger partial charge on any atom is -0.0579 e. The number of para-hydroxylation sites is 4. The summed E-state index contributed by atoms with van der Waals surface area (Å²) in [6, 6.07) is 50.3. The molecule has 0 N–H and O–H groups in total. The maximum absolute atomic E-state index is 8.82. The number of aryl methyl sites for hydroxylation is 2. The summed E-state index contributed by atoms with van der Waals surface area (Å²) < 4.78 is 66.3. The van der Waals surface area contributed by atoms with E-state index in [-0.39, 0.29) is 11.0 Å². The number of ether oxygens (including phenoxy) is 1. The molecule has 7 heteroatoms. The first-order valence-electron chi connectivity index (χ1n) is 23.3. The van der Waals surface area contributed by atoms with Crippen LogP contribution in [0, 0.1) is 10.7 Å². The number of hydrogen-bond acceptors (Lipinski definition) is 2. The average Bonchev–Trinajstić information content (AvgIpc) is 4.01. The van der Waals surface area contributed by atoms with E-state index < -0.39 is 13.8 Å². The molecule has 7 aromatic carbocycles. The second-order valence-electron chi connectivity index (χ2n) is 16.9. The molecule has 5 heterocycles. The predicted octanol–water partition coefficient (Wildman–Crippen LogP) is 13.8. The summed E-state index contributed by atoms with van der Waals surface area (Å²) in [5.41, 5.74) is 9.73. The number of benzene rings is 7. The fourth-order valence-corrected chi connectivity index (χ4v) is 10.2. The van der Waals surface area contributed by atoms with E-state index in [1.54, 1.807) is 12.3 Å². The van der Waals surface area contributed by atoms with Crippen molar-refractivity contribution in [2.24, 2.45) is 6.98 Å². The topological polar surface area (TPSA) is 41.3 Å². The second-order valence-corrected chi connectivity index (χ2v) is 17.9. The van der Waals surface area contributed by atoms with Crippen LogP contribution < -0.4 is 4.74 Å². The third-order valence-corrected chi connectivity index (χ3v) is 13.3. The fraction of sp³-hybridized carbons (Fsp3) is 0.111. The fourth-order valence-electron chi connectivity index (χ4n) is 9.36. The van der Waals surface area contributed by atoms with E-state index in [4.69, 9.17) is 17.9 Å². The number of hydrogen-bond donors (Lipinski definition) is 0. The summed E-state index contributed by atoms with van der Waals surface area (Å²) in [5, 5.41) is 6.60. The van der Waals surface area contributed by atoms with Crippen LogP contribution in [0.15, 0.2) is 158 Å². The number of pyridine rings is 1. The van der Waals surface area contributed by atoms with Crippen molar-refractivity contribution in [1.82, 2.24) is 23.1 Å². The molecule has 6 nitrogen and oxygen atoms in total. The molecule has 0 spiro atoms. The van der Waals surface area contributed by atoms with Gasteiger partial charge in [-0.15, -0.1) is 0 Å². The number of imidazole rings is 1. The van der Waals surface area contributed by atoms with Crippen LogP contribution in [0.5, 0.6) is 11.5 Å². The van der Waals surface area contributed by atoms with Crippen molar-refractivity contribution in [3.63, 3.8) is 0 Å². The molecule has 298 valence electrons. The SMILES string of the molecule is [2H]C([2H])([2H])c1cc(-n2c3cc(Oc4cccc(-n5[c](=[Pt])n(C([2H])([2H])[2H])c6ccccc65)c4)ccc3c3cc4c5cccc6c7ccccc7n(c4cc32)c65)ncc1-c1ccc(C(C)(C)C)cc1. The summed E-state index contributed by atoms with van der Waals surface area (Å²) in [7, 11) is 0. The number of rotatable bonds is 5. The maximum atomic E-state index is 8.82. The molecule has 61 heavy (non-hydrogen) atoms. The van der Waals surface area contributed by atoms with Gasteiger partial charge in [-0.2, -0.15) is 0 Å². The molecule has 0 aliphatic carbocycles. The van der Waals surface area contributed by atoms with Crippen LogP contribution in [-0.4, -0.2) is 23.1 Å². The van der Waals surface area contributed by atoms with Gasteiger partial charge in [-0.25, -0.2) is 0 Å². The van der Waals surface area contributed by atoms with Gasteiger partial charge in [0.2, 0.25) is 0 Å². The molecular weight excluding hydrogens is 930 g/mol. The summed E-state index contributed by atoms with van der Waals surface area (Å²) in [6.45, 7) is 1.65. The standard InChI is InChI=1S/C54H41N5O.Pt/c1-33-26-52(55-31-45(33)34-20-22-35(23-21-34)54(2,3)4)58-49-28-38(60-37-13-10-12-36(27-37)57-32-56(5)47-18-8-9-19-48(47)57)24-25-40(49)43-29-44-42-16-11-15-41-39-14-6-7-17-46(39)59(53(41)42)51(44)30-50(43)58;/h6-31H,1-5H3;/i1D3,5D3;. The number of aromatic nitrogens is 5. The van der Waals surface area contributed by atoms with Gasteiger partial charge in [0.05, 0.1) is 16.6 Å². The van der Waals surface area contributed by atoms with Crippen molar-refractivity contribution in [1.29, 1.82) is 0 Å². The van der Waals surface area contributed by atoms with Gasteiger partial charge in [0.1, 0.15) is 0 Å². The van der Waals surface area contributed by atoms with E-state index in [2.05, 4.69) is 122 Å². The Labute approximate surface area is 371 Å². The Morgan fingerprint density at radius 2 is 1.26 bits per heavy atom. The number of nitrogens with zero attached hydrogens (tertiary/aromatic N) is 5. The molecule has 0 aliphatic rings. The first-order valence-corrected chi connectivity index (χ1v) is 21.4. The van der Waals surface area contributed by atoms with Gasteiger partial charge < -0.3 is 4.40 Å². The molecule has 0 amide bonds. The van der Waals surface area contributed by atoms with Crippen molar-refractivity contribution in [2.45, 2.75) is 33.0 Å². The van der Waals surface area contributed by atoms with E-state index in [0.717, 1.165) is 65.9 Å². The van der Waals surface area contributed by atoms with E-state index in [1.807, 2.05) is 77.4 Å². The van der Waals surface area contributed by atoms with Crippen molar-refractivity contribution < 1.29 is 32.3 Å². The van der Waals surface area contributed by atoms with Gasteiger partial charge in [-0.3, -0.25) is 0 Å². The van der Waals surface area contributed by atoms with Crippen LogP contribution >= 0.6 is 0 Å². The van der Waals surface area contributed by atoms with E-state index in [0.29, 0.717) is 32.2 Å². The van der Waals surface area contributed by atoms with Gasteiger partial charge in [-0.05, 0) is 35.0 Å². The summed E-state index contributed by atoms with van der Waals surface area (Å²) >= 11 is 2.07. The zero-order valence-electron chi connectivity index (χ0n) is 39.5. The summed E-state index contributed by atoms with van der Waals surface area (Å²) in [5.74, 6) is 1.58. The molecular formula is C54H41N5OPt. The van der Waals surface area contributed by atoms with Gasteiger partial charge in [-0.1, -0.05) is 81.4 Å². The zero-order valence-corrected chi connectivity index (χ0v) is 35.7. The van der Waals surface area contributed by atoms with E-state index in [1.165, 1.54) is 20.9 Å². The first kappa shape index (κ1) is 30.3. The third-order valence-electron chi connectivity index (χ3n) is 12.3. The second kappa shape index (κ2) is 13.1. The van der Waals surface area contributed by atoms with Crippen molar-refractivity contribution in [3.05, 3.63) is 173 Å². The molecule has 0 aliphatic heterocycles. The Morgan fingerprint density at radius 3 is 2.07 bits per heavy atom. The molecule has 0 radical (unpaired) electrons. The van der Waals surface area contributed by atoms with Crippen molar-refractivity contribution in [3.8, 4) is 34.1 Å². The summed E-state index contributed by atoms with van der Waals surface area (Å²) in [4.78, 5) is 5.09. The summed E-state index contributed by atoms with van der Waals surface area (Å²) in [6.07, 6.45) is 1.70. The van der Waals surface area contributed by atoms with Crippen molar-refractivity contribution >= 4 is 70.9 Å². The van der Waals surface area contributed by atoms with Crippen LogP contribution in [-0.2, 0) is 31.7 Å². The average molecular weight is 977 g/mol. The molecule has 5 aromatic heterocycles. The molecule has 0 bridgehead atoms. The number of fused-ring (bicyclic) bond motifs is 10. The minimum absolute atomic E-state index is 0.0591. The van der Waals surface area contributed by atoms with E-state index >= 15 is 0 Å². The van der Waals surface area contributed by atoms with Gasteiger partial charge in [0, 0.05) is 37.4 Å². The third kappa shape index (κ3) is 5.38. The molecule has 12 rings (SSSR count). The molecule has 12 aromatic rings.